The molecular formula is C24H30N4O3S. The first-order chi connectivity index (χ1) is 15.1. The third kappa shape index (κ3) is 5.26. The van der Waals surface area contributed by atoms with Crippen LogP contribution in [0.25, 0.3) is 22.0 Å². The van der Waals surface area contributed by atoms with E-state index < -0.39 is 15.8 Å². The summed E-state index contributed by atoms with van der Waals surface area (Å²) >= 11 is 0. The van der Waals surface area contributed by atoms with Crippen LogP contribution in [0.1, 0.15) is 33.3 Å². The van der Waals surface area contributed by atoms with Gasteiger partial charge in [-0.2, -0.15) is 0 Å². The van der Waals surface area contributed by atoms with E-state index in [1.807, 2.05) is 12.1 Å². The van der Waals surface area contributed by atoms with Crippen LogP contribution >= 0.6 is 0 Å². The molecule has 0 bridgehead atoms. The zero-order valence-electron chi connectivity index (χ0n) is 18.9. The van der Waals surface area contributed by atoms with Gasteiger partial charge in [0, 0.05) is 48.3 Å². The lowest BCUT2D eigenvalue weighted by Crippen LogP contribution is -2.31. The summed E-state index contributed by atoms with van der Waals surface area (Å²) in [4.78, 5) is 15.4. The van der Waals surface area contributed by atoms with Gasteiger partial charge in [-0.15, -0.1) is 0 Å². The number of sulfonamides is 1. The number of nitrogens with zero attached hydrogens (tertiary/aromatic N) is 2. The van der Waals surface area contributed by atoms with Crippen molar-refractivity contribution < 1.29 is 13.2 Å². The molecule has 2 aromatic heterocycles. The molecule has 0 atom stereocenters. The molecule has 0 fully saturated rings. The summed E-state index contributed by atoms with van der Waals surface area (Å²) in [6, 6.07) is 10.3. The number of aromatic nitrogens is 2. The second kappa shape index (κ2) is 9.67. The van der Waals surface area contributed by atoms with Crippen molar-refractivity contribution in [2.45, 2.75) is 40.7 Å². The molecule has 1 aromatic carbocycles. The Bertz CT molecular complexity index is 1260. The minimum absolute atomic E-state index is 0.0119. The van der Waals surface area contributed by atoms with Crippen molar-refractivity contribution in [3.63, 3.8) is 0 Å². The van der Waals surface area contributed by atoms with E-state index in [2.05, 4.69) is 52.5 Å². The number of Topliss-reactive ketones (excluding diaryl/α,β-unsaturated/α-hetero) is 1. The molecule has 0 aliphatic carbocycles. The van der Waals surface area contributed by atoms with Crippen LogP contribution in [-0.2, 0) is 27.8 Å². The van der Waals surface area contributed by atoms with Crippen LogP contribution in [-0.4, -0.2) is 30.3 Å². The summed E-state index contributed by atoms with van der Waals surface area (Å²) in [5.74, 6) is -0.119. The molecule has 32 heavy (non-hydrogen) atoms. The number of carbonyl (C=O) groups excluding carboxylic acids is 1. The lowest BCUT2D eigenvalue weighted by atomic mass is 10.0. The minimum Gasteiger partial charge on any atom is -0.401 e. The van der Waals surface area contributed by atoms with Crippen molar-refractivity contribution >= 4 is 26.7 Å². The molecule has 3 N–H and O–H groups in total. The Morgan fingerprint density at radius 2 is 1.81 bits per heavy atom. The van der Waals surface area contributed by atoms with E-state index in [1.165, 1.54) is 13.8 Å². The number of hydrogen-bond donors (Lipinski definition) is 2. The van der Waals surface area contributed by atoms with Crippen molar-refractivity contribution in [2.75, 3.05) is 6.54 Å². The number of ketones is 1. The standard InChI is InChI=1S/C24H30N4O3S/c1-16(2)14-28-15-21(9-12-27-32(30,31)24(17(3)25)18(4)29)22-6-5-20(13-23(22)28)19-7-10-26-11-8-19/h5-8,10-11,13,15-16,27H,9,12,14,25H2,1-4H3. The first-order valence-corrected chi connectivity index (χ1v) is 12.1. The molecule has 0 saturated carbocycles. The van der Waals surface area contributed by atoms with Gasteiger partial charge in [0.1, 0.15) is 4.91 Å². The molecule has 0 spiro atoms. The Morgan fingerprint density at radius 3 is 2.41 bits per heavy atom. The normalized spacial score (nSPS) is 12.9. The van der Waals surface area contributed by atoms with E-state index in [-0.39, 0.29) is 17.1 Å². The third-order valence-electron chi connectivity index (χ3n) is 5.17. The number of hydrogen-bond acceptors (Lipinski definition) is 5. The van der Waals surface area contributed by atoms with E-state index in [0.717, 1.165) is 34.1 Å². The van der Waals surface area contributed by atoms with Gasteiger partial charge in [0.05, 0.1) is 0 Å². The highest BCUT2D eigenvalue weighted by Gasteiger charge is 2.23. The maximum absolute atomic E-state index is 12.5. The molecule has 8 heteroatoms. The fourth-order valence-corrected chi connectivity index (χ4v) is 5.22. The number of benzene rings is 1. The quantitative estimate of drug-likeness (QED) is 0.481. The molecule has 0 saturated heterocycles. The number of nitrogens with two attached hydrogens (primary N) is 1. The maximum Gasteiger partial charge on any atom is 0.245 e. The van der Waals surface area contributed by atoms with Crippen molar-refractivity contribution in [1.29, 1.82) is 0 Å². The van der Waals surface area contributed by atoms with Gasteiger partial charge in [0.25, 0.3) is 0 Å². The van der Waals surface area contributed by atoms with Gasteiger partial charge in [-0.25, -0.2) is 13.1 Å². The molecule has 0 aliphatic heterocycles. The smallest absolute Gasteiger partial charge is 0.245 e. The van der Waals surface area contributed by atoms with Crippen molar-refractivity contribution in [3.8, 4) is 11.1 Å². The van der Waals surface area contributed by atoms with Crippen molar-refractivity contribution in [1.82, 2.24) is 14.3 Å². The summed E-state index contributed by atoms with van der Waals surface area (Å²) in [5, 5.41) is 1.08. The number of nitrogens with one attached hydrogen (secondary N) is 1. The lowest BCUT2D eigenvalue weighted by molar-refractivity contribution is -0.113. The fourth-order valence-electron chi connectivity index (χ4n) is 3.91. The number of fused-ring (bicyclic) bond motifs is 1. The van der Waals surface area contributed by atoms with E-state index in [9.17, 15) is 13.2 Å². The lowest BCUT2D eigenvalue weighted by Gasteiger charge is -2.09. The van der Waals surface area contributed by atoms with E-state index in [1.54, 1.807) is 12.4 Å². The van der Waals surface area contributed by atoms with E-state index in [0.29, 0.717) is 12.3 Å². The highest BCUT2D eigenvalue weighted by Crippen LogP contribution is 2.28. The van der Waals surface area contributed by atoms with Crippen LogP contribution < -0.4 is 10.5 Å². The second-order valence-corrected chi connectivity index (χ2v) is 10.1. The summed E-state index contributed by atoms with van der Waals surface area (Å²) in [7, 11) is -3.96. The van der Waals surface area contributed by atoms with Gasteiger partial charge < -0.3 is 10.3 Å². The molecule has 0 aliphatic rings. The molecule has 0 radical (unpaired) electrons. The monoisotopic (exact) mass is 454 g/mol. The number of allylic oxidation sites excluding steroid dienone is 2. The highest BCUT2D eigenvalue weighted by molar-refractivity contribution is 7.94. The van der Waals surface area contributed by atoms with Crippen molar-refractivity contribution in [3.05, 3.63) is 65.1 Å². The Hall–Kier alpha value is -2.97. The van der Waals surface area contributed by atoms with Gasteiger partial charge in [-0.1, -0.05) is 26.0 Å². The summed E-state index contributed by atoms with van der Waals surface area (Å²) < 4.78 is 29.8. The average molecular weight is 455 g/mol. The summed E-state index contributed by atoms with van der Waals surface area (Å²) in [6.45, 7) is 7.96. The topological polar surface area (TPSA) is 107 Å². The number of pyridine rings is 1. The Morgan fingerprint density at radius 1 is 1.12 bits per heavy atom. The molecule has 2 heterocycles. The molecule has 0 amide bonds. The molecule has 3 aromatic rings. The predicted molar refractivity (Wildman–Crippen MR) is 128 cm³/mol. The van der Waals surface area contributed by atoms with Crippen LogP contribution in [0.5, 0.6) is 0 Å². The largest absolute Gasteiger partial charge is 0.401 e. The van der Waals surface area contributed by atoms with E-state index >= 15 is 0 Å². The third-order valence-corrected chi connectivity index (χ3v) is 6.90. The van der Waals surface area contributed by atoms with Crippen LogP contribution in [0.4, 0.5) is 0 Å². The first kappa shape index (κ1) is 23.7. The molecule has 170 valence electrons. The summed E-state index contributed by atoms with van der Waals surface area (Å²) in [5.41, 5.74) is 9.96. The maximum atomic E-state index is 12.5. The van der Waals surface area contributed by atoms with Gasteiger partial charge in [0.15, 0.2) is 5.78 Å². The van der Waals surface area contributed by atoms with Gasteiger partial charge in [-0.05, 0) is 61.1 Å². The zero-order valence-corrected chi connectivity index (χ0v) is 19.7. The van der Waals surface area contributed by atoms with Crippen LogP contribution in [0, 0.1) is 5.92 Å². The SMILES string of the molecule is CC(=O)C(=C(C)N)S(=O)(=O)NCCc1cn(CC(C)C)c2cc(-c3ccncc3)ccc12. The second-order valence-electron chi connectivity index (χ2n) is 8.38. The number of rotatable bonds is 9. The molecule has 0 unspecified atom stereocenters. The molecular weight excluding hydrogens is 424 g/mol. The van der Waals surface area contributed by atoms with Gasteiger partial charge >= 0.3 is 0 Å². The van der Waals surface area contributed by atoms with Gasteiger partial charge in [0.2, 0.25) is 10.0 Å². The Labute approximate surface area is 189 Å². The predicted octanol–water partition coefficient (Wildman–Crippen LogP) is 3.60. The highest BCUT2D eigenvalue weighted by atomic mass is 32.2. The zero-order chi connectivity index (χ0) is 23.5. The van der Waals surface area contributed by atoms with Crippen LogP contribution in [0.3, 0.4) is 0 Å². The van der Waals surface area contributed by atoms with E-state index in [4.69, 9.17) is 5.73 Å². The molecule has 3 rings (SSSR count). The molecule has 7 nitrogen and oxygen atoms in total. The first-order valence-electron chi connectivity index (χ1n) is 10.6. The van der Waals surface area contributed by atoms with Gasteiger partial charge in [-0.3, -0.25) is 9.78 Å². The minimum atomic E-state index is -3.96. The summed E-state index contributed by atoms with van der Waals surface area (Å²) in [6.07, 6.45) is 6.13. The average Bonchev–Trinajstić information content (AvgIpc) is 3.03. The van der Waals surface area contributed by atoms with Crippen LogP contribution in [0.15, 0.2) is 59.5 Å². The number of carbonyl (C=O) groups is 1. The van der Waals surface area contributed by atoms with Crippen LogP contribution in [0.2, 0.25) is 0 Å². The van der Waals surface area contributed by atoms with Crippen molar-refractivity contribution in [2.24, 2.45) is 11.7 Å². The Kier molecular flexibility index (Phi) is 7.16. The Balaban J connectivity index is 1.90. The fraction of sp³-hybridized carbons (Fsp3) is 0.333.